The van der Waals surface area contributed by atoms with Crippen LogP contribution in [0.1, 0.15) is 37.7 Å². The fourth-order valence-electron chi connectivity index (χ4n) is 2.14. The van der Waals surface area contributed by atoms with E-state index in [0.717, 1.165) is 19.6 Å². The van der Waals surface area contributed by atoms with Crippen LogP contribution in [0.4, 0.5) is 11.8 Å². The van der Waals surface area contributed by atoms with Crippen LogP contribution in [0.5, 0.6) is 0 Å². The molecule has 1 heterocycles. The number of anilines is 2. The number of nitrogens with zero attached hydrogens (tertiary/aromatic N) is 3. The van der Waals surface area contributed by atoms with Crippen LogP contribution in [0.15, 0.2) is 6.20 Å². The smallest absolute Gasteiger partial charge is 0.224 e. The highest BCUT2D eigenvalue weighted by Gasteiger charge is 2.14. The molecular weight excluding hydrogens is 242 g/mol. The SMILES string of the molecule is N#Cc1cnc(NCCCOC2CCCC2)nc1N. The van der Waals surface area contributed by atoms with Crippen molar-refractivity contribution >= 4 is 11.8 Å². The highest BCUT2D eigenvalue weighted by atomic mass is 16.5. The van der Waals surface area contributed by atoms with Gasteiger partial charge in [0.15, 0.2) is 0 Å². The van der Waals surface area contributed by atoms with Crippen molar-refractivity contribution in [1.29, 1.82) is 5.26 Å². The molecule has 2 rings (SSSR count). The van der Waals surface area contributed by atoms with E-state index >= 15 is 0 Å². The summed E-state index contributed by atoms with van der Waals surface area (Å²) in [6.45, 7) is 1.49. The minimum absolute atomic E-state index is 0.210. The monoisotopic (exact) mass is 261 g/mol. The standard InChI is InChI=1S/C13H19N5O/c14-8-10-9-17-13(18-12(10)15)16-6-3-7-19-11-4-1-2-5-11/h9,11H,1-7H2,(H3,15,16,17,18). The first-order valence-electron chi connectivity index (χ1n) is 6.67. The van der Waals surface area contributed by atoms with Crippen LogP contribution < -0.4 is 11.1 Å². The topological polar surface area (TPSA) is 96.8 Å². The van der Waals surface area contributed by atoms with Crippen LogP contribution >= 0.6 is 0 Å². The van der Waals surface area contributed by atoms with Crippen molar-refractivity contribution in [2.24, 2.45) is 0 Å². The van der Waals surface area contributed by atoms with E-state index in [2.05, 4.69) is 15.3 Å². The minimum atomic E-state index is 0.210. The molecular formula is C13H19N5O. The molecule has 0 atom stereocenters. The summed E-state index contributed by atoms with van der Waals surface area (Å²) in [6, 6.07) is 1.93. The van der Waals surface area contributed by atoms with E-state index in [1.807, 2.05) is 6.07 Å². The Morgan fingerprint density at radius 1 is 1.47 bits per heavy atom. The highest BCUT2D eigenvalue weighted by Crippen LogP contribution is 2.20. The maximum atomic E-state index is 8.71. The van der Waals surface area contributed by atoms with Crippen molar-refractivity contribution < 1.29 is 4.74 Å². The van der Waals surface area contributed by atoms with E-state index in [9.17, 15) is 0 Å². The zero-order valence-corrected chi connectivity index (χ0v) is 10.9. The summed E-state index contributed by atoms with van der Waals surface area (Å²) < 4.78 is 5.75. The fourth-order valence-corrected chi connectivity index (χ4v) is 2.14. The molecule has 0 radical (unpaired) electrons. The van der Waals surface area contributed by atoms with Gasteiger partial charge in [0.2, 0.25) is 5.95 Å². The number of nitrogens with one attached hydrogen (secondary N) is 1. The molecule has 0 saturated heterocycles. The number of ether oxygens (including phenoxy) is 1. The van der Waals surface area contributed by atoms with Crippen molar-refractivity contribution in [3.8, 4) is 6.07 Å². The number of hydrogen-bond donors (Lipinski definition) is 2. The minimum Gasteiger partial charge on any atom is -0.382 e. The van der Waals surface area contributed by atoms with Crippen molar-refractivity contribution in [3.05, 3.63) is 11.8 Å². The zero-order valence-electron chi connectivity index (χ0n) is 10.9. The Hall–Kier alpha value is -1.87. The molecule has 0 bridgehead atoms. The third kappa shape index (κ3) is 4.07. The van der Waals surface area contributed by atoms with Crippen LogP contribution in [0.2, 0.25) is 0 Å². The molecule has 1 aromatic heterocycles. The Balaban J connectivity index is 1.65. The fraction of sp³-hybridized carbons (Fsp3) is 0.615. The highest BCUT2D eigenvalue weighted by molar-refractivity contribution is 5.49. The lowest BCUT2D eigenvalue weighted by Crippen LogP contribution is -2.13. The van der Waals surface area contributed by atoms with Gasteiger partial charge < -0.3 is 15.8 Å². The predicted octanol–water partition coefficient (Wildman–Crippen LogP) is 1.69. The van der Waals surface area contributed by atoms with Gasteiger partial charge >= 0.3 is 0 Å². The molecule has 19 heavy (non-hydrogen) atoms. The molecule has 1 fully saturated rings. The van der Waals surface area contributed by atoms with Gasteiger partial charge in [-0.05, 0) is 19.3 Å². The normalized spacial score (nSPS) is 15.3. The largest absolute Gasteiger partial charge is 0.382 e. The van der Waals surface area contributed by atoms with Gasteiger partial charge in [-0.1, -0.05) is 12.8 Å². The van der Waals surface area contributed by atoms with E-state index < -0.39 is 0 Å². The van der Waals surface area contributed by atoms with Crippen LogP contribution in [-0.4, -0.2) is 29.2 Å². The maximum absolute atomic E-state index is 8.71. The van der Waals surface area contributed by atoms with E-state index in [4.69, 9.17) is 15.7 Å². The van der Waals surface area contributed by atoms with Gasteiger partial charge in [0, 0.05) is 13.2 Å². The number of nitriles is 1. The second kappa shape index (κ2) is 6.90. The van der Waals surface area contributed by atoms with Crippen molar-refractivity contribution in [3.63, 3.8) is 0 Å². The number of rotatable bonds is 6. The van der Waals surface area contributed by atoms with E-state index in [-0.39, 0.29) is 5.82 Å². The van der Waals surface area contributed by atoms with Crippen molar-refractivity contribution in [2.75, 3.05) is 24.2 Å². The Labute approximate surface area is 113 Å². The summed E-state index contributed by atoms with van der Waals surface area (Å²) in [5, 5.41) is 11.8. The van der Waals surface area contributed by atoms with Crippen LogP contribution in [0.25, 0.3) is 0 Å². The molecule has 1 aromatic rings. The number of nitrogen functional groups attached to an aromatic ring is 1. The summed E-state index contributed by atoms with van der Waals surface area (Å²) >= 11 is 0. The summed E-state index contributed by atoms with van der Waals surface area (Å²) in [4.78, 5) is 8.03. The molecule has 0 aliphatic heterocycles. The zero-order chi connectivity index (χ0) is 13.5. The third-order valence-corrected chi connectivity index (χ3v) is 3.20. The van der Waals surface area contributed by atoms with Gasteiger partial charge in [-0.3, -0.25) is 0 Å². The molecule has 6 nitrogen and oxygen atoms in total. The van der Waals surface area contributed by atoms with Gasteiger partial charge in [-0.25, -0.2) is 4.98 Å². The molecule has 6 heteroatoms. The van der Waals surface area contributed by atoms with Gasteiger partial charge in [0.1, 0.15) is 17.5 Å². The second-order valence-electron chi connectivity index (χ2n) is 4.66. The lowest BCUT2D eigenvalue weighted by Gasteiger charge is -2.11. The molecule has 102 valence electrons. The van der Waals surface area contributed by atoms with Crippen molar-refractivity contribution in [2.45, 2.75) is 38.2 Å². The average Bonchev–Trinajstić information content (AvgIpc) is 2.92. The quantitative estimate of drug-likeness (QED) is 0.756. The average molecular weight is 261 g/mol. The first kappa shape index (κ1) is 13.6. The van der Waals surface area contributed by atoms with Crippen LogP contribution in [0, 0.1) is 11.3 Å². The lowest BCUT2D eigenvalue weighted by molar-refractivity contribution is 0.0583. The number of hydrogen-bond acceptors (Lipinski definition) is 6. The maximum Gasteiger partial charge on any atom is 0.224 e. The molecule has 1 saturated carbocycles. The molecule has 0 amide bonds. The summed E-state index contributed by atoms with van der Waals surface area (Å²) in [6.07, 6.45) is 7.77. The Morgan fingerprint density at radius 2 is 2.26 bits per heavy atom. The van der Waals surface area contributed by atoms with Gasteiger partial charge in [-0.15, -0.1) is 0 Å². The van der Waals surface area contributed by atoms with E-state index in [0.29, 0.717) is 17.6 Å². The van der Waals surface area contributed by atoms with Gasteiger partial charge in [-0.2, -0.15) is 10.2 Å². The van der Waals surface area contributed by atoms with E-state index in [1.54, 1.807) is 0 Å². The number of aromatic nitrogens is 2. The molecule has 1 aliphatic carbocycles. The predicted molar refractivity (Wildman–Crippen MR) is 72.5 cm³/mol. The first-order chi connectivity index (χ1) is 9.29. The van der Waals surface area contributed by atoms with Gasteiger partial charge in [0.25, 0.3) is 0 Å². The summed E-state index contributed by atoms with van der Waals surface area (Å²) in [5.74, 6) is 0.666. The summed E-state index contributed by atoms with van der Waals surface area (Å²) in [5.41, 5.74) is 5.91. The molecule has 1 aliphatic rings. The van der Waals surface area contributed by atoms with Crippen LogP contribution in [-0.2, 0) is 4.74 Å². The lowest BCUT2D eigenvalue weighted by atomic mass is 10.3. The Morgan fingerprint density at radius 3 is 2.95 bits per heavy atom. The Kier molecular flexibility index (Phi) is 4.93. The Bertz CT molecular complexity index is 451. The number of nitrogens with two attached hydrogens (primary N) is 1. The first-order valence-corrected chi connectivity index (χ1v) is 6.67. The molecule has 3 N–H and O–H groups in total. The van der Waals surface area contributed by atoms with Crippen LogP contribution in [0.3, 0.4) is 0 Å². The van der Waals surface area contributed by atoms with E-state index in [1.165, 1.54) is 31.9 Å². The molecule has 0 aromatic carbocycles. The second-order valence-corrected chi connectivity index (χ2v) is 4.66. The molecule has 0 spiro atoms. The van der Waals surface area contributed by atoms with Gasteiger partial charge in [0.05, 0.1) is 12.3 Å². The van der Waals surface area contributed by atoms with Crippen molar-refractivity contribution in [1.82, 2.24) is 9.97 Å². The summed E-state index contributed by atoms with van der Waals surface area (Å²) in [7, 11) is 0. The third-order valence-electron chi connectivity index (χ3n) is 3.20. The molecule has 0 unspecified atom stereocenters.